The van der Waals surface area contributed by atoms with Gasteiger partial charge >= 0.3 is 0 Å². The number of benzene rings is 1. The van der Waals surface area contributed by atoms with Gasteiger partial charge in [0, 0.05) is 19.0 Å². The van der Waals surface area contributed by atoms with Gasteiger partial charge < -0.3 is 5.73 Å². The van der Waals surface area contributed by atoms with Gasteiger partial charge in [0.05, 0.1) is 22.3 Å². The first-order chi connectivity index (χ1) is 12.5. The van der Waals surface area contributed by atoms with Crippen LogP contribution in [0.4, 0.5) is 5.69 Å². The third-order valence-corrected chi connectivity index (χ3v) is 8.71. The molecule has 2 fully saturated rings. The van der Waals surface area contributed by atoms with Crippen molar-refractivity contribution in [3.63, 3.8) is 0 Å². The third-order valence-electron chi connectivity index (χ3n) is 4.93. The molecular weight excluding hydrogens is 394 g/mol. The van der Waals surface area contributed by atoms with Crippen LogP contribution in [0.5, 0.6) is 0 Å². The lowest BCUT2D eigenvalue weighted by atomic mass is 9.98. The van der Waals surface area contributed by atoms with Gasteiger partial charge in [0.2, 0.25) is 31.9 Å². The van der Waals surface area contributed by atoms with E-state index in [1.165, 1.54) is 35.5 Å². The maximum atomic E-state index is 12.8. The van der Waals surface area contributed by atoms with Gasteiger partial charge in [-0.2, -0.15) is 4.31 Å². The summed E-state index contributed by atoms with van der Waals surface area (Å²) < 4.78 is 51.8. The van der Waals surface area contributed by atoms with Gasteiger partial charge in [-0.05, 0) is 37.1 Å². The summed E-state index contributed by atoms with van der Waals surface area (Å²) in [5.74, 6) is -2.18. The summed E-state index contributed by atoms with van der Waals surface area (Å²) in [7, 11) is -7.52. The maximum absolute atomic E-state index is 12.8. The average Bonchev–Trinajstić information content (AvgIpc) is 2.82. The molecule has 0 aromatic heterocycles. The van der Waals surface area contributed by atoms with Gasteiger partial charge in [0.15, 0.2) is 0 Å². The Morgan fingerprint density at radius 1 is 1.15 bits per heavy atom. The summed E-state index contributed by atoms with van der Waals surface area (Å²) in [5, 5.41) is 0. The molecule has 0 bridgehead atoms. The number of piperidine rings is 1. The van der Waals surface area contributed by atoms with E-state index in [0.29, 0.717) is 12.8 Å². The highest BCUT2D eigenvalue weighted by molar-refractivity contribution is 7.94. The van der Waals surface area contributed by atoms with E-state index in [4.69, 9.17) is 5.73 Å². The van der Waals surface area contributed by atoms with Crippen LogP contribution < -0.4 is 10.0 Å². The van der Waals surface area contributed by atoms with Crippen LogP contribution >= 0.6 is 0 Å². The molecule has 2 aliphatic rings. The number of hydrogen-bond donors (Lipinski definition) is 1. The molecule has 2 heterocycles. The lowest BCUT2D eigenvalue weighted by molar-refractivity contribution is -0.123. The summed E-state index contributed by atoms with van der Waals surface area (Å²) in [6.45, 7) is 1.91. The highest BCUT2D eigenvalue weighted by Crippen LogP contribution is 2.30. The summed E-state index contributed by atoms with van der Waals surface area (Å²) in [6, 6.07) is 5.21. The van der Waals surface area contributed by atoms with E-state index in [2.05, 4.69) is 0 Å². The van der Waals surface area contributed by atoms with E-state index in [9.17, 15) is 26.4 Å². The quantitative estimate of drug-likeness (QED) is 0.729. The van der Waals surface area contributed by atoms with Crippen LogP contribution in [0.1, 0.15) is 19.8 Å². The number of sulfonamides is 2. The molecule has 3 rings (SSSR count). The molecule has 27 heavy (non-hydrogen) atoms. The lowest BCUT2D eigenvalue weighted by Gasteiger charge is -2.29. The minimum Gasteiger partial charge on any atom is -0.369 e. The van der Waals surface area contributed by atoms with Gasteiger partial charge in [-0.3, -0.25) is 9.59 Å². The second-order valence-electron chi connectivity index (χ2n) is 6.86. The van der Waals surface area contributed by atoms with Crippen LogP contribution in [-0.4, -0.2) is 51.8 Å². The first kappa shape index (κ1) is 19.8. The summed E-state index contributed by atoms with van der Waals surface area (Å²) in [4.78, 5) is 23.3. The van der Waals surface area contributed by atoms with Crippen LogP contribution in [0.3, 0.4) is 0 Å². The molecule has 0 saturated carbocycles. The van der Waals surface area contributed by atoms with Crippen LogP contribution in [0.2, 0.25) is 0 Å². The number of primary amides is 1. The number of nitrogens with two attached hydrogens (primary N) is 1. The Labute approximate surface area is 158 Å². The Bertz CT molecular complexity index is 964. The number of anilines is 1. The normalized spacial score (nSPS) is 24.3. The van der Waals surface area contributed by atoms with Gasteiger partial charge in [-0.25, -0.2) is 21.1 Å². The van der Waals surface area contributed by atoms with E-state index >= 15 is 0 Å². The van der Waals surface area contributed by atoms with Crippen molar-refractivity contribution < 1.29 is 26.4 Å². The predicted octanol–water partition coefficient (Wildman–Crippen LogP) is -0.115. The van der Waals surface area contributed by atoms with Crippen LogP contribution in [-0.2, 0) is 29.6 Å². The number of carbonyl (C=O) groups excluding carboxylic acids is 2. The second-order valence-corrected chi connectivity index (χ2v) is 10.7. The Morgan fingerprint density at radius 3 is 2.15 bits per heavy atom. The number of carbonyl (C=O) groups is 2. The lowest BCUT2D eigenvalue weighted by Crippen LogP contribution is -2.41. The zero-order valence-electron chi connectivity index (χ0n) is 14.7. The first-order valence-electron chi connectivity index (χ1n) is 8.50. The molecule has 1 atom stereocenters. The smallest absolute Gasteiger partial charge is 0.244 e. The number of hydrogen-bond acceptors (Lipinski definition) is 6. The Morgan fingerprint density at radius 2 is 1.70 bits per heavy atom. The van der Waals surface area contributed by atoms with Crippen molar-refractivity contribution in [2.75, 3.05) is 23.1 Å². The minimum atomic E-state index is -3.78. The minimum absolute atomic E-state index is 0.000803. The van der Waals surface area contributed by atoms with Gasteiger partial charge in [-0.15, -0.1) is 0 Å². The predicted molar refractivity (Wildman–Crippen MR) is 97.6 cm³/mol. The molecule has 0 spiro atoms. The Kier molecular flexibility index (Phi) is 5.04. The average molecular weight is 415 g/mol. The van der Waals surface area contributed by atoms with Crippen molar-refractivity contribution in [1.82, 2.24) is 4.31 Å². The Balaban J connectivity index is 1.81. The molecule has 9 nitrogen and oxygen atoms in total. The third kappa shape index (κ3) is 3.58. The van der Waals surface area contributed by atoms with Crippen LogP contribution in [0.15, 0.2) is 29.2 Å². The summed E-state index contributed by atoms with van der Waals surface area (Å²) in [5.41, 5.74) is 5.38. The van der Waals surface area contributed by atoms with Gasteiger partial charge in [0.1, 0.15) is 0 Å². The van der Waals surface area contributed by atoms with Crippen molar-refractivity contribution in [1.29, 1.82) is 0 Å². The molecule has 2 saturated heterocycles. The summed E-state index contributed by atoms with van der Waals surface area (Å²) >= 11 is 0. The molecule has 1 aromatic carbocycles. The van der Waals surface area contributed by atoms with Gasteiger partial charge in [0.25, 0.3) is 0 Å². The van der Waals surface area contributed by atoms with E-state index < -0.39 is 37.8 Å². The first-order valence-corrected chi connectivity index (χ1v) is 11.6. The van der Waals surface area contributed by atoms with Crippen molar-refractivity contribution in [3.8, 4) is 0 Å². The standard InChI is InChI=1S/C16H21N3O6S2/c1-11-10-26(22,23)19(16(11)21)13-2-4-14(5-3-13)27(24,25)18-8-6-12(7-9-18)15(17)20/h2-5,11-12H,6-10H2,1H3,(H2,17,20)/t11-/m1/s1. The van der Waals surface area contributed by atoms with E-state index in [1.54, 1.807) is 0 Å². The highest BCUT2D eigenvalue weighted by atomic mass is 32.2. The molecule has 2 N–H and O–H groups in total. The zero-order chi connectivity index (χ0) is 20.0. The highest BCUT2D eigenvalue weighted by Gasteiger charge is 2.42. The fourth-order valence-electron chi connectivity index (χ4n) is 3.37. The number of amides is 2. The molecule has 148 valence electrons. The molecule has 2 amide bonds. The fraction of sp³-hybridized carbons (Fsp3) is 0.500. The molecule has 0 unspecified atom stereocenters. The van der Waals surface area contributed by atoms with Crippen molar-refractivity contribution in [3.05, 3.63) is 24.3 Å². The van der Waals surface area contributed by atoms with Gasteiger partial charge in [-0.1, -0.05) is 6.92 Å². The van der Waals surface area contributed by atoms with E-state index in [1.807, 2.05) is 0 Å². The SMILES string of the molecule is C[C@@H]1CS(=O)(=O)N(c2ccc(S(=O)(=O)N3CCC(C(N)=O)CC3)cc2)C1=O. The topological polar surface area (TPSA) is 135 Å². The Hall–Kier alpha value is -1.98. The molecule has 0 aliphatic carbocycles. The fourth-order valence-corrected chi connectivity index (χ4v) is 6.66. The van der Waals surface area contributed by atoms with Crippen molar-refractivity contribution >= 4 is 37.5 Å². The van der Waals surface area contributed by atoms with Crippen LogP contribution in [0, 0.1) is 11.8 Å². The van der Waals surface area contributed by atoms with Crippen molar-refractivity contribution in [2.45, 2.75) is 24.7 Å². The monoisotopic (exact) mass is 415 g/mol. The van der Waals surface area contributed by atoms with E-state index in [-0.39, 0.29) is 35.3 Å². The molecular formula is C16H21N3O6S2. The number of rotatable bonds is 4. The van der Waals surface area contributed by atoms with E-state index in [0.717, 1.165) is 4.31 Å². The molecule has 1 aromatic rings. The largest absolute Gasteiger partial charge is 0.369 e. The zero-order valence-corrected chi connectivity index (χ0v) is 16.4. The maximum Gasteiger partial charge on any atom is 0.244 e. The second kappa shape index (κ2) is 6.88. The molecule has 0 radical (unpaired) electrons. The number of nitrogens with zero attached hydrogens (tertiary/aromatic N) is 2. The van der Waals surface area contributed by atoms with Crippen LogP contribution in [0.25, 0.3) is 0 Å². The molecule has 11 heteroatoms. The van der Waals surface area contributed by atoms with Crippen molar-refractivity contribution in [2.24, 2.45) is 17.6 Å². The molecule has 2 aliphatic heterocycles. The summed E-state index contributed by atoms with van der Waals surface area (Å²) in [6.07, 6.45) is 0.732.